The van der Waals surface area contributed by atoms with Gasteiger partial charge in [-0.15, -0.1) is 22.7 Å². The lowest BCUT2D eigenvalue weighted by atomic mass is 10.1. The Kier molecular flexibility index (Phi) is 5.80. The highest BCUT2D eigenvalue weighted by Crippen LogP contribution is 2.21. The molecule has 0 fully saturated rings. The number of hydrogen-bond donors (Lipinski definition) is 2. The van der Waals surface area contributed by atoms with Gasteiger partial charge in [0.05, 0.1) is 10.6 Å². The normalized spacial score (nSPS) is 11.8. The number of thiazole rings is 1. The molecule has 134 valence electrons. The zero-order valence-corrected chi connectivity index (χ0v) is 16.1. The van der Waals surface area contributed by atoms with E-state index in [0.717, 1.165) is 16.1 Å². The molecule has 0 aliphatic carbocycles. The molecule has 7 heteroatoms. The van der Waals surface area contributed by atoms with Gasteiger partial charge in [-0.1, -0.05) is 36.4 Å². The van der Waals surface area contributed by atoms with Crippen LogP contribution in [0.5, 0.6) is 0 Å². The number of amides is 2. The van der Waals surface area contributed by atoms with E-state index in [0.29, 0.717) is 16.4 Å². The average Bonchev–Trinajstić information content (AvgIpc) is 3.26. The summed E-state index contributed by atoms with van der Waals surface area (Å²) in [6.45, 7) is 3.87. The van der Waals surface area contributed by atoms with E-state index in [9.17, 15) is 9.59 Å². The Bertz CT molecular complexity index is 869. The lowest BCUT2D eigenvalue weighted by Gasteiger charge is -2.17. The van der Waals surface area contributed by atoms with E-state index < -0.39 is 6.04 Å². The Labute approximate surface area is 160 Å². The predicted molar refractivity (Wildman–Crippen MR) is 106 cm³/mol. The van der Waals surface area contributed by atoms with E-state index in [1.165, 1.54) is 22.7 Å². The Morgan fingerprint density at radius 3 is 2.50 bits per heavy atom. The highest BCUT2D eigenvalue weighted by atomic mass is 32.1. The Morgan fingerprint density at radius 2 is 1.88 bits per heavy atom. The molecule has 1 aromatic carbocycles. The molecule has 1 unspecified atom stereocenters. The van der Waals surface area contributed by atoms with Crippen LogP contribution < -0.4 is 10.6 Å². The van der Waals surface area contributed by atoms with E-state index in [4.69, 9.17) is 0 Å². The Morgan fingerprint density at radius 1 is 1.12 bits per heavy atom. The van der Waals surface area contributed by atoms with Gasteiger partial charge in [0.2, 0.25) is 5.91 Å². The van der Waals surface area contributed by atoms with E-state index in [1.54, 1.807) is 6.07 Å². The van der Waals surface area contributed by atoms with Crippen molar-refractivity contribution < 1.29 is 9.59 Å². The molecule has 26 heavy (non-hydrogen) atoms. The summed E-state index contributed by atoms with van der Waals surface area (Å²) in [6, 6.07) is 12.5. The monoisotopic (exact) mass is 385 g/mol. The highest BCUT2D eigenvalue weighted by Gasteiger charge is 2.23. The number of aryl methyl sites for hydroxylation is 2. The third-order valence-electron chi connectivity index (χ3n) is 3.91. The second-order valence-electron chi connectivity index (χ2n) is 5.84. The first-order valence-corrected chi connectivity index (χ1v) is 9.85. The number of hydrogen-bond acceptors (Lipinski definition) is 5. The quantitative estimate of drug-likeness (QED) is 0.678. The molecule has 2 amide bonds. The van der Waals surface area contributed by atoms with Crippen LogP contribution in [-0.2, 0) is 11.2 Å². The fourth-order valence-corrected chi connectivity index (χ4v) is 3.86. The summed E-state index contributed by atoms with van der Waals surface area (Å²) in [5.41, 5.74) is 1.87. The first kappa shape index (κ1) is 18.3. The SMILES string of the molecule is Cc1nc(NC(=O)C(Cc2ccccc2)NC(=O)c2cccs2)sc1C. The molecule has 0 bridgehead atoms. The minimum atomic E-state index is -0.684. The van der Waals surface area contributed by atoms with E-state index in [2.05, 4.69) is 15.6 Å². The fourth-order valence-electron chi connectivity index (χ4n) is 2.41. The van der Waals surface area contributed by atoms with Crippen molar-refractivity contribution in [2.45, 2.75) is 26.3 Å². The molecule has 2 N–H and O–H groups in total. The lowest BCUT2D eigenvalue weighted by molar-refractivity contribution is -0.118. The Balaban J connectivity index is 1.76. The number of aromatic nitrogens is 1. The van der Waals surface area contributed by atoms with Gasteiger partial charge in [-0.25, -0.2) is 4.98 Å². The second kappa shape index (κ2) is 8.25. The van der Waals surface area contributed by atoms with Gasteiger partial charge in [0.25, 0.3) is 5.91 Å². The minimum absolute atomic E-state index is 0.248. The summed E-state index contributed by atoms with van der Waals surface area (Å²) >= 11 is 2.78. The first-order chi connectivity index (χ1) is 12.5. The van der Waals surface area contributed by atoms with Crippen LogP contribution in [0, 0.1) is 13.8 Å². The summed E-state index contributed by atoms with van der Waals surface area (Å²) < 4.78 is 0. The van der Waals surface area contributed by atoms with Gasteiger partial charge in [-0.3, -0.25) is 9.59 Å². The lowest BCUT2D eigenvalue weighted by Crippen LogP contribution is -2.45. The van der Waals surface area contributed by atoms with Crippen molar-refractivity contribution in [3.63, 3.8) is 0 Å². The van der Waals surface area contributed by atoms with Crippen LogP contribution >= 0.6 is 22.7 Å². The maximum atomic E-state index is 12.8. The number of rotatable bonds is 6. The number of anilines is 1. The molecule has 0 radical (unpaired) electrons. The van der Waals surface area contributed by atoms with Crippen molar-refractivity contribution in [1.82, 2.24) is 10.3 Å². The van der Waals surface area contributed by atoms with Crippen LogP contribution in [0.4, 0.5) is 5.13 Å². The first-order valence-electron chi connectivity index (χ1n) is 8.16. The summed E-state index contributed by atoms with van der Waals surface area (Å²) in [4.78, 5) is 31.2. The second-order valence-corrected chi connectivity index (χ2v) is 7.99. The predicted octanol–water partition coefficient (Wildman–Crippen LogP) is 3.80. The van der Waals surface area contributed by atoms with Crippen molar-refractivity contribution in [3.8, 4) is 0 Å². The summed E-state index contributed by atoms with van der Waals surface area (Å²) in [5.74, 6) is -0.518. The number of carbonyl (C=O) groups excluding carboxylic acids is 2. The molecule has 2 aromatic heterocycles. The number of benzene rings is 1. The molecule has 0 saturated carbocycles. The largest absolute Gasteiger partial charge is 0.339 e. The van der Waals surface area contributed by atoms with Crippen molar-refractivity contribution >= 4 is 39.6 Å². The van der Waals surface area contributed by atoms with E-state index in [-0.39, 0.29) is 11.8 Å². The molecule has 5 nitrogen and oxygen atoms in total. The van der Waals surface area contributed by atoms with Crippen LogP contribution in [0.25, 0.3) is 0 Å². The zero-order valence-electron chi connectivity index (χ0n) is 14.5. The number of nitrogens with one attached hydrogen (secondary N) is 2. The van der Waals surface area contributed by atoms with Gasteiger partial charge in [-0.05, 0) is 30.9 Å². The van der Waals surface area contributed by atoms with Gasteiger partial charge in [0.1, 0.15) is 6.04 Å². The molecule has 0 aliphatic heterocycles. The molecule has 1 atom stereocenters. The highest BCUT2D eigenvalue weighted by molar-refractivity contribution is 7.15. The molecule has 3 rings (SSSR count). The zero-order chi connectivity index (χ0) is 18.5. The maximum absolute atomic E-state index is 12.8. The van der Waals surface area contributed by atoms with Crippen LogP contribution in [0.15, 0.2) is 47.8 Å². The van der Waals surface area contributed by atoms with Crippen molar-refractivity contribution in [2.75, 3.05) is 5.32 Å². The fraction of sp³-hybridized carbons (Fsp3) is 0.211. The van der Waals surface area contributed by atoms with E-state index in [1.807, 2.05) is 55.6 Å². The van der Waals surface area contributed by atoms with Gasteiger partial charge in [-0.2, -0.15) is 0 Å². The molecule has 0 spiro atoms. The number of carbonyl (C=O) groups is 2. The molecule has 0 aliphatic rings. The molecular formula is C19H19N3O2S2. The van der Waals surface area contributed by atoms with Crippen molar-refractivity contribution in [2.24, 2.45) is 0 Å². The van der Waals surface area contributed by atoms with Crippen LogP contribution in [0.2, 0.25) is 0 Å². The molecule has 2 heterocycles. The van der Waals surface area contributed by atoms with Crippen molar-refractivity contribution in [1.29, 1.82) is 0 Å². The number of nitrogens with zero attached hydrogens (tertiary/aromatic N) is 1. The van der Waals surface area contributed by atoms with Crippen LogP contribution in [0.3, 0.4) is 0 Å². The van der Waals surface area contributed by atoms with Crippen molar-refractivity contribution in [3.05, 3.63) is 68.9 Å². The standard InChI is InChI=1S/C19H19N3O2S2/c1-12-13(2)26-19(20-12)22-17(23)15(11-14-7-4-3-5-8-14)21-18(24)16-9-6-10-25-16/h3-10,15H,11H2,1-2H3,(H,21,24)(H,20,22,23). The minimum Gasteiger partial charge on any atom is -0.339 e. The van der Waals surface area contributed by atoms with Gasteiger partial charge in [0.15, 0.2) is 5.13 Å². The molecule has 3 aromatic rings. The number of thiophene rings is 1. The summed E-state index contributed by atoms with van der Waals surface area (Å²) in [6.07, 6.45) is 0.410. The van der Waals surface area contributed by atoms with Crippen LogP contribution in [0.1, 0.15) is 25.8 Å². The van der Waals surface area contributed by atoms with Gasteiger partial charge < -0.3 is 10.6 Å². The third-order valence-corrected chi connectivity index (χ3v) is 5.77. The van der Waals surface area contributed by atoms with E-state index >= 15 is 0 Å². The molecular weight excluding hydrogens is 366 g/mol. The summed E-state index contributed by atoms with van der Waals surface area (Å²) in [7, 11) is 0. The van der Waals surface area contributed by atoms with Gasteiger partial charge in [0, 0.05) is 11.3 Å². The van der Waals surface area contributed by atoms with Gasteiger partial charge >= 0.3 is 0 Å². The van der Waals surface area contributed by atoms with Crippen LogP contribution in [-0.4, -0.2) is 22.8 Å². The third kappa shape index (κ3) is 4.56. The average molecular weight is 386 g/mol. The topological polar surface area (TPSA) is 71.1 Å². The summed E-state index contributed by atoms with van der Waals surface area (Å²) in [5, 5.41) is 8.06. The molecule has 0 saturated heterocycles. The smallest absolute Gasteiger partial charge is 0.262 e. The maximum Gasteiger partial charge on any atom is 0.262 e. The Hall–Kier alpha value is -2.51.